The number of benzene rings is 1. The van der Waals surface area contributed by atoms with E-state index in [1.54, 1.807) is 35.6 Å². The van der Waals surface area contributed by atoms with Crippen molar-refractivity contribution in [3.05, 3.63) is 59.2 Å². The molecule has 3 aromatic rings. The van der Waals surface area contributed by atoms with Gasteiger partial charge in [-0.05, 0) is 25.0 Å². The molecule has 0 saturated carbocycles. The smallest absolute Gasteiger partial charge is 0.360 e. The van der Waals surface area contributed by atoms with Gasteiger partial charge in [0.1, 0.15) is 0 Å². The molecular weight excluding hydrogens is 364 g/mol. The zero-order chi connectivity index (χ0) is 19.9. The van der Waals surface area contributed by atoms with Crippen molar-refractivity contribution >= 4 is 11.9 Å². The first kappa shape index (κ1) is 19.2. The SMILES string of the molecule is CCOC(=O)c1cn(Cc2cccc(Cn3cc(C(=O)OCC)nn3)c2)nn1. The molecule has 0 radical (unpaired) electrons. The van der Waals surface area contributed by atoms with Gasteiger partial charge in [-0.15, -0.1) is 10.2 Å². The second-order valence-electron chi connectivity index (χ2n) is 5.86. The van der Waals surface area contributed by atoms with E-state index in [9.17, 15) is 9.59 Å². The van der Waals surface area contributed by atoms with E-state index >= 15 is 0 Å². The zero-order valence-electron chi connectivity index (χ0n) is 15.6. The van der Waals surface area contributed by atoms with Gasteiger partial charge in [0.25, 0.3) is 0 Å². The van der Waals surface area contributed by atoms with Crippen LogP contribution in [0.4, 0.5) is 0 Å². The van der Waals surface area contributed by atoms with Crippen molar-refractivity contribution in [1.29, 1.82) is 0 Å². The molecule has 0 spiro atoms. The van der Waals surface area contributed by atoms with Gasteiger partial charge in [-0.3, -0.25) is 0 Å². The number of aromatic nitrogens is 6. The highest BCUT2D eigenvalue weighted by atomic mass is 16.5. The van der Waals surface area contributed by atoms with Crippen LogP contribution in [0.2, 0.25) is 0 Å². The van der Waals surface area contributed by atoms with E-state index in [0.29, 0.717) is 13.1 Å². The van der Waals surface area contributed by atoms with Gasteiger partial charge in [-0.1, -0.05) is 34.7 Å². The summed E-state index contributed by atoms with van der Waals surface area (Å²) in [6.07, 6.45) is 3.10. The zero-order valence-corrected chi connectivity index (χ0v) is 15.6. The van der Waals surface area contributed by atoms with Gasteiger partial charge in [0, 0.05) is 0 Å². The first-order valence-electron chi connectivity index (χ1n) is 8.81. The molecule has 0 aliphatic heterocycles. The number of esters is 2. The summed E-state index contributed by atoms with van der Waals surface area (Å²) >= 11 is 0. The van der Waals surface area contributed by atoms with Crippen LogP contribution in [0, 0.1) is 0 Å². The normalized spacial score (nSPS) is 10.6. The van der Waals surface area contributed by atoms with Crippen molar-refractivity contribution in [1.82, 2.24) is 30.0 Å². The van der Waals surface area contributed by atoms with Crippen LogP contribution in [0.5, 0.6) is 0 Å². The Hall–Kier alpha value is -3.56. The van der Waals surface area contributed by atoms with Crippen molar-refractivity contribution in [3.63, 3.8) is 0 Å². The van der Waals surface area contributed by atoms with Crippen LogP contribution in [0.25, 0.3) is 0 Å². The van der Waals surface area contributed by atoms with Gasteiger partial charge >= 0.3 is 11.9 Å². The number of carbonyl (C=O) groups excluding carboxylic acids is 2. The number of hydrogen-bond donors (Lipinski definition) is 0. The molecule has 0 bridgehead atoms. The van der Waals surface area contributed by atoms with Gasteiger partial charge in [0.2, 0.25) is 0 Å². The van der Waals surface area contributed by atoms with E-state index in [1.807, 2.05) is 24.3 Å². The molecule has 0 saturated heterocycles. The molecule has 28 heavy (non-hydrogen) atoms. The maximum Gasteiger partial charge on any atom is 0.360 e. The fourth-order valence-electron chi connectivity index (χ4n) is 2.55. The molecule has 10 heteroatoms. The van der Waals surface area contributed by atoms with Crippen LogP contribution in [0.1, 0.15) is 46.0 Å². The summed E-state index contributed by atoms with van der Waals surface area (Å²) < 4.78 is 13.0. The van der Waals surface area contributed by atoms with Crippen molar-refractivity contribution in [2.75, 3.05) is 13.2 Å². The minimum Gasteiger partial charge on any atom is -0.461 e. The summed E-state index contributed by atoms with van der Waals surface area (Å²) in [6, 6.07) is 7.79. The summed E-state index contributed by atoms with van der Waals surface area (Å²) in [6.45, 7) is 4.94. The molecule has 10 nitrogen and oxygen atoms in total. The molecule has 0 fully saturated rings. The standard InChI is InChI=1S/C18H20N6O4/c1-3-27-17(25)15-11-23(21-19-15)9-13-6-5-7-14(8-13)10-24-12-16(20-22-24)18(26)28-4-2/h5-8,11-12H,3-4,9-10H2,1-2H3. The van der Waals surface area contributed by atoms with Crippen LogP contribution in [-0.2, 0) is 22.6 Å². The average Bonchev–Trinajstić information content (AvgIpc) is 3.32. The third kappa shape index (κ3) is 4.78. The lowest BCUT2D eigenvalue weighted by Gasteiger charge is -2.05. The maximum absolute atomic E-state index is 11.7. The summed E-state index contributed by atoms with van der Waals surface area (Å²) in [7, 11) is 0. The van der Waals surface area contributed by atoms with Crippen molar-refractivity contribution in [2.24, 2.45) is 0 Å². The van der Waals surface area contributed by atoms with Gasteiger partial charge in [0.05, 0.1) is 38.7 Å². The quantitative estimate of drug-likeness (QED) is 0.534. The Labute approximate surface area is 161 Å². The second kappa shape index (κ2) is 8.89. The van der Waals surface area contributed by atoms with E-state index in [1.165, 1.54) is 0 Å². The van der Waals surface area contributed by atoms with E-state index in [2.05, 4.69) is 20.6 Å². The fourth-order valence-corrected chi connectivity index (χ4v) is 2.55. The molecule has 0 N–H and O–H groups in total. The third-order valence-electron chi connectivity index (χ3n) is 3.73. The Balaban J connectivity index is 1.66. The molecule has 146 valence electrons. The lowest BCUT2D eigenvalue weighted by molar-refractivity contribution is 0.0510. The van der Waals surface area contributed by atoms with Crippen LogP contribution in [0.15, 0.2) is 36.7 Å². The predicted molar refractivity (Wildman–Crippen MR) is 96.6 cm³/mol. The fraction of sp³-hybridized carbons (Fsp3) is 0.333. The minimum atomic E-state index is -0.494. The molecular formula is C18H20N6O4. The summed E-state index contributed by atoms with van der Waals surface area (Å²) in [5.74, 6) is -0.989. The molecule has 2 aromatic heterocycles. The highest BCUT2D eigenvalue weighted by Crippen LogP contribution is 2.09. The highest BCUT2D eigenvalue weighted by molar-refractivity contribution is 5.87. The molecule has 0 amide bonds. The lowest BCUT2D eigenvalue weighted by atomic mass is 10.1. The largest absolute Gasteiger partial charge is 0.461 e. The predicted octanol–water partition coefficient (Wildman–Crippen LogP) is 1.32. The Morgan fingerprint density at radius 3 is 1.75 bits per heavy atom. The minimum absolute atomic E-state index is 0.173. The van der Waals surface area contributed by atoms with Crippen LogP contribution in [0.3, 0.4) is 0 Å². The third-order valence-corrected chi connectivity index (χ3v) is 3.73. The van der Waals surface area contributed by atoms with Crippen LogP contribution < -0.4 is 0 Å². The van der Waals surface area contributed by atoms with Crippen molar-refractivity contribution < 1.29 is 19.1 Å². The average molecular weight is 384 g/mol. The topological polar surface area (TPSA) is 114 Å². The van der Waals surface area contributed by atoms with Crippen molar-refractivity contribution in [3.8, 4) is 0 Å². The first-order chi connectivity index (χ1) is 13.6. The first-order valence-corrected chi connectivity index (χ1v) is 8.81. The molecule has 0 unspecified atom stereocenters. The van der Waals surface area contributed by atoms with Gasteiger partial charge in [-0.2, -0.15) is 0 Å². The Morgan fingerprint density at radius 1 is 0.857 bits per heavy atom. The summed E-state index contributed by atoms with van der Waals surface area (Å²) in [5, 5.41) is 15.6. The van der Waals surface area contributed by atoms with Gasteiger partial charge in [0.15, 0.2) is 11.4 Å². The molecule has 1 aromatic carbocycles. The molecule has 2 heterocycles. The second-order valence-corrected chi connectivity index (χ2v) is 5.86. The molecule has 0 aliphatic carbocycles. The Kier molecular flexibility index (Phi) is 6.10. The molecule has 0 aliphatic rings. The maximum atomic E-state index is 11.7. The lowest BCUT2D eigenvalue weighted by Crippen LogP contribution is -2.05. The van der Waals surface area contributed by atoms with Crippen LogP contribution in [-0.4, -0.2) is 55.1 Å². The number of hydrogen-bond acceptors (Lipinski definition) is 8. The molecule has 0 atom stereocenters. The van der Waals surface area contributed by atoms with E-state index in [-0.39, 0.29) is 24.6 Å². The van der Waals surface area contributed by atoms with Gasteiger partial charge < -0.3 is 9.47 Å². The summed E-state index contributed by atoms with van der Waals surface area (Å²) in [5.41, 5.74) is 2.30. The van der Waals surface area contributed by atoms with Crippen LogP contribution >= 0.6 is 0 Å². The van der Waals surface area contributed by atoms with E-state index in [4.69, 9.17) is 9.47 Å². The monoisotopic (exact) mass is 384 g/mol. The Morgan fingerprint density at radius 2 is 1.32 bits per heavy atom. The number of nitrogens with zero attached hydrogens (tertiary/aromatic N) is 6. The number of ether oxygens (including phenoxy) is 2. The number of carbonyl (C=O) groups is 2. The Bertz CT molecular complexity index is 891. The van der Waals surface area contributed by atoms with E-state index < -0.39 is 11.9 Å². The number of rotatable bonds is 8. The van der Waals surface area contributed by atoms with Gasteiger partial charge in [-0.25, -0.2) is 19.0 Å². The highest BCUT2D eigenvalue weighted by Gasteiger charge is 2.13. The van der Waals surface area contributed by atoms with Crippen molar-refractivity contribution in [2.45, 2.75) is 26.9 Å². The van der Waals surface area contributed by atoms with E-state index in [0.717, 1.165) is 11.1 Å². The molecule has 3 rings (SSSR count). The summed E-state index contributed by atoms with van der Waals surface area (Å²) in [4.78, 5) is 23.3.